The van der Waals surface area contributed by atoms with Gasteiger partial charge in [0.05, 0.1) is 23.8 Å². The number of thiophene rings is 1. The number of rotatable bonds is 4. The highest BCUT2D eigenvalue weighted by Gasteiger charge is 2.13. The average molecular weight is 406 g/mol. The zero-order valence-electron chi connectivity index (χ0n) is 13.3. The van der Waals surface area contributed by atoms with Crippen molar-refractivity contribution in [1.29, 1.82) is 0 Å². The number of benzene rings is 1. The Bertz CT molecular complexity index is 964. The molecule has 0 bridgehead atoms. The first-order chi connectivity index (χ1) is 11.5. The van der Waals surface area contributed by atoms with Crippen molar-refractivity contribution < 1.29 is 4.79 Å². The lowest BCUT2D eigenvalue weighted by molar-refractivity contribution is -0.131. The van der Waals surface area contributed by atoms with E-state index in [4.69, 9.17) is 0 Å². The van der Waals surface area contributed by atoms with Crippen LogP contribution in [0.2, 0.25) is 0 Å². The summed E-state index contributed by atoms with van der Waals surface area (Å²) in [5, 5.41) is 2.52. The molecule has 1 amide bonds. The van der Waals surface area contributed by atoms with Gasteiger partial charge in [-0.1, -0.05) is 12.1 Å². The number of para-hydroxylation sites is 1. The first-order valence-corrected chi connectivity index (χ1v) is 9.04. The molecule has 7 heteroatoms. The number of halogens is 1. The molecule has 2 aromatic heterocycles. The van der Waals surface area contributed by atoms with Crippen LogP contribution in [0.3, 0.4) is 0 Å². The number of amides is 1. The van der Waals surface area contributed by atoms with Crippen molar-refractivity contribution in [2.45, 2.75) is 20.0 Å². The summed E-state index contributed by atoms with van der Waals surface area (Å²) in [5.41, 5.74) is 1.44. The second-order valence-electron chi connectivity index (χ2n) is 5.63. The summed E-state index contributed by atoms with van der Waals surface area (Å²) in [6.45, 7) is 2.42. The zero-order chi connectivity index (χ0) is 17.3. The molecule has 0 aliphatic heterocycles. The van der Waals surface area contributed by atoms with E-state index < -0.39 is 0 Å². The van der Waals surface area contributed by atoms with Crippen LogP contribution in [0.25, 0.3) is 10.9 Å². The molecule has 3 aromatic rings. The number of nitrogens with zero attached hydrogens (tertiary/aromatic N) is 3. The summed E-state index contributed by atoms with van der Waals surface area (Å²) in [6.07, 6.45) is 1.45. The fourth-order valence-electron chi connectivity index (χ4n) is 2.48. The molecule has 1 aromatic carbocycles. The van der Waals surface area contributed by atoms with E-state index in [1.807, 2.05) is 30.5 Å². The summed E-state index contributed by atoms with van der Waals surface area (Å²) in [4.78, 5) is 32.0. The predicted molar refractivity (Wildman–Crippen MR) is 99.2 cm³/mol. The molecule has 0 saturated carbocycles. The number of aromatic nitrogens is 2. The number of hydrogen-bond donors (Lipinski definition) is 0. The lowest BCUT2D eigenvalue weighted by Gasteiger charge is -2.17. The van der Waals surface area contributed by atoms with Crippen LogP contribution in [0, 0.1) is 6.92 Å². The van der Waals surface area contributed by atoms with Crippen molar-refractivity contribution in [2.75, 3.05) is 7.05 Å². The number of carbonyl (C=O) groups excluding carboxylic acids is 1. The summed E-state index contributed by atoms with van der Waals surface area (Å²) in [6, 6.07) is 7.47. The van der Waals surface area contributed by atoms with Gasteiger partial charge < -0.3 is 4.90 Å². The molecule has 124 valence electrons. The number of hydrogen-bond acceptors (Lipinski definition) is 4. The predicted octanol–water partition coefficient (Wildman–Crippen LogP) is 3.19. The third-order valence-electron chi connectivity index (χ3n) is 3.80. The molecule has 0 aliphatic carbocycles. The van der Waals surface area contributed by atoms with Gasteiger partial charge in [-0.25, -0.2) is 4.98 Å². The summed E-state index contributed by atoms with van der Waals surface area (Å²) in [5.74, 6) is -0.129. The average Bonchev–Trinajstić information content (AvgIpc) is 2.95. The molecule has 0 radical (unpaired) electrons. The third-order valence-corrected chi connectivity index (χ3v) is 5.48. The van der Waals surface area contributed by atoms with E-state index >= 15 is 0 Å². The van der Waals surface area contributed by atoms with Gasteiger partial charge >= 0.3 is 0 Å². The van der Waals surface area contributed by atoms with E-state index in [2.05, 4.69) is 20.9 Å². The molecule has 0 saturated heterocycles. The second-order valence-corrected chi connectivity index (χ2v) is 7.54. The van der Waals surface area contributed by atoms with Gasteiger partial charge in [-0.3, -0.25) is 14.2 Å². The molecule has 0 spiro atoms. The number of aryl methyl sites for hydroxylation is 1. The summed E-state index contributed by atoms with van der Waals surface area (Å²) >= 11 is 4.99. The fourth-order valence-corrected chi connectivity index (χ4v) is 3.98. The fraction of sp³-hybridized carbons (Fsp3) is 0.235. The van der Waals surface area contributed by atoms with Crippen molar-refractivity contribution in [3.05, 3.63) is 61.2 Å². The van der Waals surface area contributed by atoms with Crippen LogP contribution in [0.1, 0.15) is 10.4 Å². The first-order valence-electron chi connectivity index (χ1n) is 7.37. The molecule has 0 atom stereocenters. The van der Waals surface area contributed by atoms with E-state index in [1.165, 1.54) is 10.9 Å². The molecule has 3 rings (SSSR count). The number of fused-ring (bicyclic) bond motifs is 1. The van der Waals surface area contributed by atoms with Gasteiger partial charge in [0.1, 0.15) is 6.54 Å². The van der Waals surface area contributed by atoms with E-state index in [0.29, 0.717) is 17.4 Å². The molecule has 0 N–H and O–H groups in total. The van der Waals surface area contributed by atoms with Crippen molar-refractivity contribution >= 4 is 44.1 Å². The van der Waals surface area contributed by atoms with Gasteiger partial charge in [-0.15, -0.1) is 11.3 Å². The monoisotopic (exact) mass is 405 g/mol. The highest BCUT2D eigenvalue weighted by molar-refractivity contribution is 9.10. The van der Waals surface area contributed by atoms with E-state index in [9.17, 15) is 9.59 Å². The van der Waals surface area contributed by atoms with Crippen LogP contribution in [-0.4, -0.2) is 27.4 Å². The molecular weight excluding hydrogens is 390 g/mol. The highest BCUT2D eigenvalue weighted by Crippen LogP contribution is 2.20. The Morgan fingerprint density at radius 3 is 2.92 bits per heavy atom. The zero-order valence-corrected chi connectivity index (χ0v) is 15.7. The quantitative estimate of drug-likeness (QED) is 0.669. The SMILES string of the molecule is Cc1cccc2c(=O)n(CC(=O)N(C)Cc3cc(Br)cs3)cnc12. The van der Waals surface area contributed by atoms with Crippen LogP contribution in [0.4, 0.5) is 0 Å². The Morgan fingerprint density at radius 1 is 1.42 bits per heavy atom. The molecule has 2 heterocycles. The van der Waals surface area contributed by atoms with Crippen LogP contribution in [0.5, 0.6) is 0 Å². The van der Waals surface area contributed by atoms with E-state index in [0.717, 1.165) is 14.9 Å². The Balaban J connectivity index is 1.80. The van der Waals surface area contributed by atoms with Gasteiger partial charge in [0.25, 0.3) is 5.56 Å². The molecule has 0 unspecified atom stereocenters. The molecule has 0 aliphatic rings. The molecule has 5 nitrogen and oxygen atoms in total. The maximum Gasteiger partial charge on any atom is 0.261 e. The lowest BCUT2D eigenvalue weighted by Crippen LogP contribution is -2.33. The van der Waals surface area contributed by atoms with E-state index in [1.54, 1.807) is 29.4 Å². The van der Waals surface area contributed by atoms with Crippen LogP contribution < -0.4 is 5.56 Å². The second kappa shape index (κ2) is 6.86. The van der Waals surface area contributed by atoms with Gasteiger partial charge in [0, 0.05) is 21.8 Å². The molecular formula is C17H16BrN3O2S. The smallest absolute Gasteiger partial charge is 0.261 e. The highest BCUT2D eigenvalue weighted by atomic mass is 79.9. The topological polar surface area (TPSA) is 55.2 Å². The van der Waals surface area contributed by atoms with Crippen LogP contribution >= 0.6 is 27.3 Å². The number of carbonyl (C=O) groups is 1. The minimum absolute atomic E-state index is 0.0151. The van der Waals surface area contributed by atoms with E-state index in [-0.39, 0.29) is 18.0 Å². The van der Waals surface area contributed by atoms with Crippen molar-refractivity contribution in [1.82, 2.24) is 14.5 Å². The van der Waals surface area contributed by atoms with Gasteiger partial charge in [0.2, 0.25) is 5.91 Å². The number of likely N-dealkylation sites (N-methyl/N-ethyl adjacent to an activating group) is 1. The first kappa shape index (κ1) is 16.9. The maximum absolute atomic E-state index is 12.5. The largest absolute Gasteiger partial charge is 0.339 e. The Hall–Kier alpha value is -1.99. The van der Waals surface area contributed by atoms with Crippen LogP contribution in [-0.2, 0) is 17.9 Å². The Morgan fingerprint density at radius 2 is 2.21 bits per heavy atom. The van der Waals surface area contributed by atoms with Crippen molar-refractivity contribution in [2.24, 2.45) is 0 Å². The normalized spacial score (nSPS) is 11.0. The molecule has 24 heavy (non-hydrogen) atoms. The summed E-state index contributed by atoms with van der Waals surface area (Å²) in [7, 11) is 1.74. The maximum atomic E-state index is 12.5. The van der Waals surface area contributed by atoms with Crippen LogP contribution in [0.15, 0.2) is 45.2 Å². The minimum Gasteiger partial charge on any atom is -0.339 e. The van der Waals surface area contributed by atoms with Gasteiger partial charge in [-0.2, -0.15) is 0 Å². The van der Waals surface area contributed by atoms with Crippen molar-refractivity contribution in [3.8, 4) is 0 Å². The Labute approximate surface area is 151 Å². The lowest BCUT2D eigenvalue weighted by atomic mass is 10.1. The third kappa shape index (κ3) is 3.42. The molecule has 0 fully saturated rings. The minimum atomic E-state index is -0.190. The standard InChI is InChI=1S/C17H16BrN3O2S/c1-11-4-3-5-14-16(11)19-10-21(17(14)23)8-15(22)20(2)7-13-6-12(18)9-24-13/h3-6,9-10H,7-8H2,1-2H3. The van der Waals surface area contributed by atoms with Crippen molar-refractivity contribution in [3.63, 3.8) is 0 Å². The summed E-state index contributed by atoms with van der Waals surface area (Å²) < 4.78 is 2.37. The van der Waals surface area contributed by atoms with Gasteiger partial charge in [-0.05, 0) is 40.5 Å². The Kier molecular flexibility index (Phi) is 4.82. The van der Waals surface area contributed by atoms with Gasteiger partial charge in [0.15, 0.2) is 0 Å².